The van der Waals surface area contributed by atoms with Gasteiger partial charge in [-0.05, 0) is 46.3 Å². The Hall–Kier alpha value is -0.630. The number of aromatic nitrogens is 1. The molecule has 0 aliphatic rings. The van der Waals surface area contributed by atoms with Crippen molar-refractivity contribution >= 4 is 51.6 Å². The van der Waals surface area contributed by atoms with Crippen LogP contribution in [0.5, 0.6) is 5.75 Å². The smallest absolute Gasteiger partial charge is 0.265 e. The van der Waals surface area contributed by atoms with Crippen molar-refractivity contribution in [3.05, 3.63) is 51.2 Å². The highest BCUT2D eigenvalue weighted by molar-refractivity contribution is 9.10. The van der Waals surface area contributed by atoms with Crippen LogP contribution in [-0.4, -0.2) is 13.4 Å². The molecule has 0 bridgehead atoms. The second-order valence-electron chi connectivity index (χ2n) is 3.79. The van der Waals surface area contributed by atoms with Crippen molar-refractivity contribution in [2.75, 3.05) is 0 Å². The highest BCUT2D eigenvalue weighted by Gasteiger charge is 2.17. The lowest BCUT2D eigenvalue weighted by Gasteiger charge is -2.09. The average Bonchev–Trinajstić information content (AvgIpc) is 2.38. The van der Waals surface area contributed by atoms with Crippen molar-refractivity contribution in [1.82, 2.24) is 4.98 Å². The third-order valence-corrected chi connectivity index (χ3v) is 4.64. The molecule has 0 radical (unpaired) electrons. The summed E-state index contributed by atoms with van der Waals surface area (Å²) in [6.07, 6.45) is 1.64. The van der Waals surface area contributed by atoms with E-state index in [4.69, 9.17) is 15.4 Å². The molecule has 0 spiro atoms. The summed E-state index contributed by atoms with van der Waals surface area (Å²) in [6.45, 7) is 0.147. The van der Waals surface area contributed by atoms with Crippen molar-refractivity contribution in [2.45, 2.75) is 11.5 Å². The van der Waals surface area contributed by atoms with E-state index in [1.165, 1.54) is 12.1 Å². The molecule has 1 aromatic heterocycles. The van der Waals surface area contributed by atoms with Gasteiger partial charge in [0.1, 0.15) is 17.3 Å². The number of pyridine rings is 1. The van der Waals surface area contributed by atoms with Gasteiger partial charge in [-0.3, -0.25) is 4.98 Å². The predicted octanol–water partition coefficient (Wildman–Crippen LogP) is 4.11. The third kappa shape index (κ3) is 4.18. The van der Waals surface area contributed by atoms with Gasteiger partial charge < -0.3 is 4.74 Å². The fourth-order valence-electron chi connectivity index (χ4n) is 1.44. The van der Waals surface area contributed by atoms with E-state index < -0.39 is 9.05 Å². The van der Waals surface area contributed by atoms with Crippen LogP contribution >= 0.6 is 42.5 Å². The topological polar surface area (TPSA) is 56.3 Å². The summed E-state index contributed by atoms with van der Waals surface area (Å²) in [4.78, 5) is 4.06. The minimum atomic E-state index is -3.88. The van der Waals surface area contributed by atoms with Crippen LogP contribution in [0.15, 0.2) is 50.4 Å². The molecule has 20 heavy (non-hydrogen) atoms. The second kappa shape index (κ2) is 6.43. The fraction of sp³-hybridized carbons (Fsp3) is 0.0833. The molecule has 1 heterocycles. The summed E-state index contributed by atoms with van der Waals surface area (Å²) in [5.74, 6) is 0.188. The maximum atomic E-state index is 11.5. The molecule has 0 aliphatic carbocycles. The zero-order valence-corrected chi connectivity index (χ0v) is 14.6. The lowest BCUT2D eigenvalue weighted by molar-refractivity contribution is 0.293. The van der Waals surface area contributed by atoms with E-state index in [1.807, 2.05) is 6.07 Å². The zero-order valence-electron chi connectivity index (χ0n) is 9.89. The molecule has 0 saturated carbocycles. The van der Waals surface area contributed by atoms with Gasteiger partial charge in [0.2, 0.25) is 0 Å². The lowest BCUT2D eigenvalue weighted by atomic mass is 10.3. The Morgan fingerprint density at radius 2 is 1.85 bits per heavy atom. The maximum Gasteiger partial charge on any atom is 0.265 e. The molecule has 0 amide bonds. The van der Waals surface area contributed by atoms with Crippen molar-refractivity contribution in [3.63, 3.8) is 0 Å². The Bertz CT molecular complexity index is 720. The van der Waals surface area contributed by atoms with Gasteiger partial charge in [-0.1, -0.05) is 15.9 Å². The van der Waals surface area contributed by atoms with Crippen LogP contribution in [-0.2, 0) is 15.7 Å². The first-order chi connectivity index (χ1) is 9.36. The van der Waals surface area contributed by atoms with Gasteiger partial charge in [0.25, 0.3) is 9.05 Å². The molecule has 0 aliphatic heterocycles. The standard InChI is InChI=1S/C12H8Br2ClNO3S/c13-8-2-4-11(12(5-8)20(15,17)18)19-7-10-3-1-9(14)6-16-10/h1-6H,7H2. The molecular formula is C12H8Br2ClNO3S. The SMILES string of the molecule is O=S(=O)(Cl)c1cc(Br)ccc1OCc1ccc(Br)cn1. The summed E-state index contributed by atoms with van der Waals surface area (Å²) >= 11 is 6.48. The number of hydrogen-bond acceptors (Lipinski definition) is 4. The zero-order chi connectivity index (χ0) is 14.8. The van der Waals surface area contributed by atoms with Gasteiger partial charge in [-0.15, -0.1) is 0 Å². The fourth-order valence-corrected chi connectivity index (χ4v) is 3.18. The molecule has 1 aromatic carbocycles. The molecule has 2 rings (SSSR count). The maximum absolute atomic E-state index is 11.5. The predicted molar refractivity (Wildman–Crippen MR) is 83.4 cm³/mol. The molecule has 0 fully saturated rings. The molecule has 2 aromatic rings. The summed E-state index contributed by atoms with van der Waals surface area (Å²) in [5, 5.41) is 0. The number of ether oxygens (including phenoxy) is 1. The van der Waals surface area contributed by atoms with E-state index in [1.54, 1.807) is 18.3 Å². The quantitative estimate of drug-likeness (QED) is 0.670. The minimum Gasteiger partial charge on any atom is -0.486 e. The Balaban J connectivity index is 2.23. The molecule has 0 unspecified atom stereocenters. The van der Waals surface area contributed by atoms with Gasteiger partial charge in [0, 0.05) is 25.8 Å². The van der Waals surface area contributed by atoms with Gasteiger partial charge in [0.05, 0.1) is 5.69 Å². The summed E-state index contributed by atoms with van der Waals surface area (Å²) in [7, 11) is 1.51. The Labute approximate surface area is 137 Å². The van der Waals surface area contributed by atoms with E-state index in [2.05, 4.69) is 36.8 Å². The molecule has 4 nitrogen and oxygen atoms in total. The first-order valence-electron chi connectivity index (χ1n) is 5.34. The lowest BCUT2D eigenvalue weighted by Crippen LogP contribution is -2.02. The third-order valence-electron chi connectivity index (χ3n) is 2.33. The monoisotopic (exact) mass is 439 g/mol. The van der Waals surface area contributed by atoms with E-state index in [0.717, 1.165) is 4.47 Å². The largest absolute Gasteiger partial charge is 0.486 e. The van der Waals surface area contributed by atoms with Crippen LogP contribution in [0.1, 0.15) is 5.69 Å². The number of nitrogens with zero attached hydrogens (tertiary/aromatic N) is 1. The Morgan fingerprint density at radius 1 is 1.15 bits per heavy atom. The van der Waals surface area contributed by atoms with Crippen molar-refractivity contribution in [3.8, 4) is 5.75 Å². The van der Waals surface area contributed by atoms with Crippen LogP contribution in [0, 0.1) is 0 Å². The van der Waals surface area contributed by atoms with E-state index in [0.29, 0.717) is 10.2 Å². The van der Waals surface area contributed by atoms with Gasteiger partial charge in [-0.25, -0.2) is 8.42 Å². The first-order valence-corrected chi connectivity index (χ1v) is 9.23. The highest BCUT2D eigenvalue weighted by atomic mass is 79.9. The van der Waals surface area contributed by atoms with Crippen LogP contribution in [0.3, 0.4) is 0 Å². The Kier molecular flexibility index (Phi) is 5.06. The molecule has 8 heteroatoms. The number of benzene rings is 1. The van der Waals surface area contributed by atoms with Crippen molar-refractivity contribution in [1.29, 1.82) is 0 Å². The van der Waals surface area contributed by atoms with E-state index in [9.17, 15) is 8.42 Å². The van der Waals surface area contributed by atoms with Crippen molar-refractivity contribution < 1.29 is 13.2 Å². The second-order valence-corrected chi connectivity index (χ2v) is 8.15. The van der Waals surface area contributed by atoms with Crippen molar-refractivity contribution in [2.24, 2.45) is 0 Å². The van der Waals surface area contributed by atoms with Gasteiger partial charge in [0.15, 0.2) is 0 Å². The van der Waals surface area contributed by atoms with Crippen LogP contribution in [0.2, 0.25) is 0 Å². The first kappa shape index (κ1) is 15.8. The Morgan fingerprint density at radius 3 is 2.45 bits per heavy atom. The highest BCUT2D eigenvalue weighted by Crippen LogP contribution is 2.30. The van der Waals surface area contributed by atoms with Crippen LogP contribution < -0.4 is 4.74 Å². The molecule has 106 valence electrons. The summed E-state index contributed by atoms with van der Waals surface area (Å²) in [5.41, 5.74) is 0.675. The normalized spacial score (nSPS) is 11.3. The summed E-state index contributed by atoms with van der Waals surface area (Å²) < 4.78 is 29.9. The molecule has 0 atom stereocenters. The van der Waals surface area contributed by atoms with Crippen LogP contribution in [0.25, 0.3) is 0 Å². The van der Waals surface area contributed by atoms with E-state index in [-0.39, 0.29) is 17.3 Å². The molecule has 0 N–H and O–H groups in total. The summed E-state index contributed by atoms with van der Waals surface area (Å²) in [6, 6.07) is 8.21. The number of rotatable bonds is 4. The molecule has 0 saturated heterocycles. The van der Waals surface area contributed by atoms with E-state index >= 15 is 0 Å². The van der Waals surface area contributed by atoms with Gasteiger partial charge >= 0.3 is 0 Å². The van der Waals surface area contributed by atoms with Gasteiger partial charge in [-0.2, -0.15) is 0 Å². The minimum absolute atomic E-state index is 0.0781. The molecular weight excluding hydrogens is 433 g/mol. The van der Waals surface area contributed by atoms with Crippen LogP contribution in [0.4, 0.5) is 0 Å². The number of hydrogen-bond donors (Lipinski definition) is 0. The average molecular weight is 442 g/mol. The number of halogens is 3.